The molecule has 4 nitrogen and oxygen atoms in total. The molecule has 0 aromatic carbocycles. The summed E-state index contributed by atoms with van der Waals surface area (Å²) in [7, 11) is 0. The Morgan fingerprint density at radius 1 is 1.50 bits per heavy atom. The highest BCUT2D eigenvalue weighted by Gasteiger charge is 2.18. The maximum absolute atomic E-state index is 11.2. The normalized spacial score (nSPS) is 15.3. The molecule has 1 aromatic rings. The van der Waals surface area contributed by atoms with Crippen LogP contribution in [0, 0.1) is 0 Å². The molecular formula is C8H6N2O2. The standard InChI is InChI=1S/C8H6N2O2/c11-5-1-7-6(8(12)2-5)3-9-4-10-7/h1,3-4,11H,2H2. The van der Waals surface area contributed by atoms with E-state index >= 15 is 0 Å². The van der Waals surface area contributed by atoms with Crippen LogP contribution in [-0.4, -0.2) is 20.9 Å². The molecule has 60 valence electrons. The van der Waals surface area contributed by atoms with E-state index in [9.17, 15) is 4.79 Å². The molecule has 0 aliphatic heterocycles. The zero-order valence-electron chi connectivity index (χ0n) is 6.19. The quantitative estimate of drug-likeness (QED) is 0.617. The molecular weight excluding hydrogens is 156 g/mol. The van der Waals surface area contributed by atoms with Crippen molar-refractivity contribution in [2.24, 2.45) is 0 Å². The summed E-state index contributed by atoms with van der Waals surface area (Å²) in [4.78, 5) is 18.8. The van der Waals surface area contributed by atoms with E-state index in [1.165, 1.54) is 18.6 Å². The zero-order valence-corrected chi connectivity index (χ0v) is 6.19. The van der Waals surface area contributed by atoms with Crippen molar-refractivity contribution < 1.29 is 9.90 Å². The fourth-order valence-corrected chi connectivity index (χ4v) is 1.14. The summed E-state index contributed by atoms with van der Waals surface area (Å²) in [5, 5.41) is 9.11. The molecule has 2 rings (SSSR count). The van der Waals surface area contributed by atoms with E-state index in [1.54, 1.807) is 0 Å². The Bertz CT molecular complexity index is 371. The van der Waals surface area contributed by atoms with Crippen LogP contribution in [0.2, 0.25) is 0 Å². The maximum Gasteiger partial charge on any atom is 0.174 e. The Hall–Kier alpha value is -1.71. The van der Waals surface area contributed by atoms with E-state index in [-0.39, 0.29) is 18.0 Å². The molecule has 0 fully saturated rings. The van der Waals surface area contributed by atoms with Crippen LogP contribution >= 0.6 is 0 Å². The highest BCUT2D eigenvalue weighted by atomic mass is 16.3. The Kier molecular flexibility index (Phi) is 1.40. The maximum atomic E-state index is 11.2. The second-order valence-electron chi connectivity index (χ2n) is 2.56. The molecule has 0 bridgehead atoms. The number of aromatic nitrogens is 2. The molecule has 0 spiro atoms. The van der Waals surface area contributed by atoms with Crippen LogP contribution < -0.4 is 0 Å². The molecule has 1 aromatic heterocycles. The minimum Gasteiger partial charge on any atom is -0.512 e. The van der Waals surface area contributed by atoms with Gasteiger partial charge in [0.1, 0.15) is 12.1 Å². The molecule has 0 saturated heterocycles. The van der Waals surface area contributed by atoms with Crippen LogP contribution in [-0.2, 0) is 0 Å². The van der Waals surface area contributed by atoms with Crippen LogP contribution in [0.4, 0.5) is 0 Å². The molecule has 1 aliphatic carbocycles. The van der Waals surface area contributed by atoms with Crippen LogP contribution in [0.25, 0.3) is 6.08 Å². The number of fused-ring (bicyclic) bond motifs is 1. The number of hydrogen-bond donors (Lipinski definition) is 1. The van der Waals surface area contributed by atoms with Crippen molar-refractivity contribution in [3.8, 4) is 0 Å². The number of allylic oxidation sites excluding steroid dienone is 1. The first-order valence-electron chi connectivity index (χ1n) is 3.50. The van der Waals surface area contributed by atoms with Crippen LogP contribution in [0.1, 0.15) is 22.5 Å². The summed E-state index contributed by atoms with van der Waals surface area (Å²) in [6.45, 7) is 0. The number of rotatable bonds is 0. The fraction of sp³-hybridized carbons (Fsp3) is 0.125. The molecule has 0 amide bonds. The Labute approximate surface area is 68.6 Å². The van der Waals surface area contributed by atoms with Crippen LogP contribution in [0.5, 0.6) is 0 Å². The number of Topliss-reactive ketones (excluding diaryl/α,β-unsaturated/α-hetero) is 1. The zero-order chi connectivity index (χ0) is 8.55. The number of nitrogens with zero attached hydrogens (tertiary/aromatic N) is 2. The lowest BCUT2D eigenvalue weighted by molar-refractivity contribution is 0.0977. The lowest BCUT2D eigenvalue weighted by atomic mass is 10.0. The first-order valence-corrected chi connectivity index (χ1v) is 3.50. The van der Waals surface area contributed by atoms with Crippen molar-refractivity contribution in [1.29, 1.82) is 0 Å². The van der Waals surface area contributed by atoms with Crippen molar-refractivity contribution in [2.75, 3.05) is 0 Å². The topological polar surface area (TPSA) is 63.1 Å². The summed E-state index contributed by atoms with van der Waals surface area (Å²) in [5.74, 6) is -0.0724. The van der Waals surface area contributed by atoms with Gasteiger partial charge in [-0.1, -0.05) is 0 Å². The van der Waals surface area contributed by atoms with Gasteiger partial charge in [0.05, 0.1) is 17.7 Å². The third-order valence-electron chi connectivity index (χ3n) is 1.69. The predicted octanol–water partition coefficient (Wildman–Crippen LogP) is 0.962. The third kappa shape index (κ3) is 0.972. The van der Waals surface area contributed by atoms with Crippen molar-refractivity contribution >= 4 is 11.9 Å². The van der Waals surface area contributed by atoms with Crippen molar-refractivity contribution in [3.05, 3.63) is 29.5 Å². The van der Waals surface area contributed by atoms with E-state index in [0.717, 1.165) is 0 Å². The molecule has 0 saturated carbocycles. The van der Waals surface area contributed by atoms with Crippen molar-refractivity contribution in [2.45, 2.75) is 6.42 Å². The Balaban J connectivity index is 2.62. The molecule has 0 unspecified atom stereocenters. The summed E-state index contributed by atoms with van der Waals surface area (Å²) in [6, 6.07) is 0. The lowest BCUT2D eigenvalue weighted by Gasteiger charge is -2.08. The highest BCUT2D eigenvalue weighted by molar-refractivity contribution is 6.02. The van der Waals surface area contributed by atoms with Gasteiger partial charge in [0, 0.05) is 12.3 Å². The fourth-order valence-electron chi connectivity index (χ4n) is 1.14. The monoisotopic (exact) mass is 162 g/mol. The van der Waals surface area contributed by atoms with Gasteiger partial charge in [0.2, 0.25) is 0 Å². The minimum atomic E-state index is -0.134. The number of carbonyl (C=O) groups is 1. The van der Waals surface area contributed by atoms with Gasteiger partial charge in [-0.15, -0.1) is 0 Å². The highest BCUT2D eigenvalue weighted by Crippen LogP contribution is 2.18. The van der Waals surface area contributed by atoms with Crippen LogP contribution in [0.15, 0.2) is 18.3 Å². The first kappa shape index (κ1) is 6.97. The molecule has 0 radical (unpaired) electrons. The number of aliphatic hydroxyl groups excluding tert-OH is 1. The van der Waals surface area contributed by atoms with Gasteiger partial charge >= 0.3 is 0 Å². The van der Waals surface area contributed by atoms with E-state index in [4.69, 9.17) is 5.11 Å². The predicted molar refractivity (Wildman–Crippen MR) is 41.6 cm³/mol. The van der Waals surface area contributed by atoms with Gasteiger partial charge in [0.25, 0.3) is 0 Å². The van der Waals surface area contributed by atoms with Crippen molar-refractivity contribution in [1.82, 2.24) is 9.97 Å². The second kappa shape index (κ2) is 2.41. The van der Waals surface area contributed by atoms with Gasteiger partial charge in [0.15, 0.2) is 5.78 Å². The molecule has 1 N–H and O–H groups in total. The first-order chi connectivity index (χ1) is 5.77. The summed E-state index contributed by atoms with van der Waals surface area (Å²) in [6.07, 6.45) is 4.35. The number of carbonyl (C=O) groups excluding carboxylic acids is 1. The minimum absolute atomic E-state index is 0.0559. The van der Waals surface area contributed by atoms with E-state index < -0.39 is 0 Å². The lowest BCUT2D eigenvalue weighted by Crippen LogP contribution is -2.09. The number of ketones is 1. The molecule has 4 heteroatoms. The van der Waals surface area contributed by atoms with Crippen LogP contribution in [0.3, 0.4) is 0 Å². The summed E-state index contributed by atoms with van der Waals surface area (Å²) >= 11 is 0. The third-order valence-corrected chi connectivity index (χ3v) is 1.69. The van der Waals surface area contributed by atoms with E-state index in [0.29, 0.717) is 11.3 Å². The van der Waals surface area contributed by atoms with E-state index in [1.807, 2.05) is 0 Å². The molecule has 1 heterocycles. The number of hydrogen-bond acceptors (Lipinski definition) is 4. The second-order valence-corrected chi connectivity index (χ2v) is 2.56. The van der Waals surface area contributed by atoms with Gasteiger partial charge in [-0.05, 0) is 0 Å². The molecule has 1 aliphatic rings. The summed E-state index contributed by atoms with van der Waals surface area (Å²) < 4.78 is 0. The number of aliphatic hydroxyl groups is 1. The largest absolute Gasteiger partial charge is 0.512 e. The SMILES string of the molecule is O=C1CC(O)=Cc2ncncc21. The summed E-state index contributed by atoms with van der Waals surface area (Å²) in [5.41, 5.74) is 0.981. The average molecular weight is 162 g/mol. The van der Waals surface area contributed by atoms with Gasteiger partial charge in [-0.25, -0.2) is 9.97 Å². The smallest absolute Gasteiger partial charge is 0.174 e. The van der Waals surface area contributed by atoms with Gasteiger partial charge in [-0.3, -0.25) is 4.79 Å². The Morgan fingerprint density at radius 3 is 3.17 bits per heavy atom. The van der Waals surface area contributed by atoms with Crippen molar-refractivity contribution in [3.63, 3.8) is 0 Å². The molecule has 0 atom stereocenters. The average Bonchev–Trinajstić information content (AvgIpc) is 2.04. The van der Waals surface area contributed by atoms with Gasteiger partial charge in [-0.2, -0.15) is 0 Å². The van der Waals surface area contributed by atoms with Gasteiger partial charge < -0.3 is 5.11 Å². The molecule has 12 heavy (non-hydrogen) atoms. The van der Waals surface area contributed by atoms with E-state index in [2.05, 4.69) is 9.97 Å². The Morgan fingerprint density at radius 2 is 2.33 bits per heavy atom.